The molecule has 0 aliphatic carbocycles. The van der Waals surface area contributed by atoms with Crippen molar-refractivity contribution in [3.05, 3.63) is 17.9 Å². The Bertz CT molecular complexity index is 538. The number of carbonyl (C=O) groups is 3. The fourth-order valence-corrected chi connectivity index (χ4v) is 1.37. The van der Waals surface area contributed by atoms with E-state index in [0.29, 0.717) is 0 Å². The van der Waals surface area contributed by atoms with Crippen LogP contribution in [0.3, 0.4) is 0 Å². The second-order valence-corrected chi connectivity index (χ2v) is 4.16. The third-order valence-corrected chi connectivity index (χ3v) is 2.32. The van der Waals surface area contributed by atoms with E-state index < -0.39 is 30.3 Å². The van der Waals surface area contributed by atoms with E-state index in [-0.39, 0.29) is 18.9 Å². The highest BCUT2D eigenvalue weighted by Crippen LogP contribution is 2.15. The maximum absolute atomic E-state index is 11.7. The first-order valence-corrected chi connectivity index (χ1v) is 6.40. The van der Waals surface area contributed by atoms with Crippen LogP contribution < -0.4 is 0 Å². The number of hydrogen-bond donors (Lipinski definition) is 1. The first kappa shape index (κ1) is 17.3. The first-order valence-electron chi connectivity index (χ1n) is 6.40. The number of esters is 2. The largest absolute Gasteiger partial charge is 0.481 e. The average Bonchev–Trinajstić information content (AvgIpc) is 2.85. The Labute approximate surface area is 126 Å². The van der Waals surface area contributed by atoms with Crippen LogP contribution in [0.15, 0.2) is 16.5 Å². The number of carbonyl (C=O) groups excluding carboxylic acids is 3. The van der Waals surface area contributed by atoms with Crippen LogP contribution in [-0.4, -0.2) is 54.5 Å². The SMILES string of the molecule is CCOC(=O)CN(C)C(=O)OC(C)OC(=O)c1ccc(O)o1. The molecule has 1 rings (SSSR count). The lowest BCUT2D eigenvalue weighted by atomic mass is 10.4. The Hall–Kier alpha value is -2.71. The molecular weight excluding hydrogens is 298 g/mol. The summed E-state index contributed by atoms with van der Waals surface area (Å²) >= 11 is 0. The highest BCUT2D eigenvalue weighted by atomic mass is 16.7. The predicted octanol–water partition coefficient (Wildman–Crippen LogP) is 1.12. The van der Waals surface area contributed by atoms with Gasteiger partial charge in [-0.15, -0.1) is 0 Å². The number of aromatic hydroxyl groups is 1. The molecule has 0 bridgehead atoms. The smallest absolute Gasteiger partial charge is 0.413 e. The second-order valence-electron chi connectivity index (χ2n) is 4.16. The van der Waals surface area contributed by atoms with Crippen LogP contribution in [0.5, 0.6) is 5.95 Å². The number of ether oxygens (including phenoxy) is 3. The van der Waals surface area contributed by atoms with Gasteiger partial charge in [0.15, 0.2) is 0 Å². The molecule has 0 fully saturated rings. The maximum atomic E-state index is 11.7. The molecule has 22 heavy (non-hydrogen) atoms. The molecule has 0 saturated carbocycles. The normalized spacial score (nSPS) is 11.4. The summed E-state index contributed by atoms with van der Waals surface area (Å²) in [6.07, 6.45) is -2.08. The van der Waals surface area contributed by atoms with Crippen molar-refractivity contribution in [2.45, 2.75) is 20.1 Å². The molecule has 0 aliphatic rings. The molecule has 1 heterocycles. The van der Waals surface area contributed by atoms with Gasteiger partial charge in [-0.2, -0.15) is 0 Å². The van der Waals surface area contributed by atoms with Crippen LogP contribution in [0, 0.1) is 0 Å². The van der Waals surface area contributed by atoms with E-state index in [1.165, 1.54) is 26.1 Å². The van der Waals surface area contributed by atoms with Gasteiger partial charge in [0.2, 0.25) is 12.1 Å². The number of likely N-dealkylation sites (N-methyl/N-ethyl adjacent to an activating group) is 1. The van der Waals surface area contributed by atoms with Gasteiger partial charge >= 0.3 is 18.0 Å². The fourth-order valence-electron chi connectivity index (χ4n) is 1.37. The van der Waals surface area contributed by atoms with Gasteiger partial charge in [-0.25, -0.2) is 9.59 Å². The fraction of sp³-hybridized carbons (Fsp3) is 0.462. The summed E-state index contributed by atoms with van der Waals surface area (Å²) in [5.41, 5.74) is 0. The van der Waals surface area contributed by atoms with Crippen molar-refractivity contribution in [1.29, 1.82) is 0 Å². The van der Waals surface area contributed by atoms with Gasteiger partial charge in [0, 0.05) is 20.0 Å². The molecule has 1 unspecified atom stereocenters. The van der Waals surface area contributed by atoms with Crippen molar-refractivity contribution in [2.75, 3.05) is 20.2 Å². The Balaban J connectivity index is 2.43. The highest BCUT2D eigenvalue weighted by Gasteiger charge is 2.21. The molecular formula is C13H17NO8. The van der Waals surface area contributed by atoms with Gasteiger partial charge in [0.05, 0.1) is 6.61 Å². The van der Waals surface area contributed by atoms with Crippen LogP contribution in [0.2, 0.25) is 0 Å². The molecule has 9 nitrogen and oxygen atoms in total. The number of rotatable bonds is 6. The zero-order chi connectivity index (χ0) is 16.7. The Morgan fingerprint density at radius 3 is 2.55 bits per heavy atom. The molecule has 1 aromatic rings. The summed E-state index contributed by atoms with van der Waals surface area (Å²) in [6, 6.07) is 2.37. The summed E-state index contributed by atoms with van der Waals surface area (Å²) in [5, 5.41) is 8.97. The van der Waals surface area contributed by atoms with Crippen LogP contribution in [0.25, 0.3) is 0 Å². The van der Waals surface area contributed by atoms with Crippen molar-refractivity contribution in [2.24, 2.45) is 0 Å². The topological polar surface area (TPSA) is 116 Å². The van der Waals surface area contributed by atoms with E-state index in [0.717, 1.165) is 4.90 Å². The summed E-state index contributed by atoms with van der Waals surface area (Å²) in [7, 11) is 1.33. The summed E-state index contributed by atoms with van der Waals surface area (Å²) < 4.78 is 18.9. The summed E-state index contributed by atoms with van der Waals surface area (Å²) in [6.45, 7) is 2.87. The van der Waals surface area contributed by atoms with Crippen molar-refractivity contribution in [3.63, 3.8) is 0 Å². The third-order valence-electron chi connectivity index (χ3n) is 2.32. The Kier molecular flexibility index (Phi) is 6.24. The van der Waals surface area contributed by atoms with Gasteiger partial charge in [-0.1, -0.05) is 0 Å². The lowest BCUT2D eigenvalue weighted by Gasteiger charge is -2.19. The zero-order valence-electron chi connectivity index (χ0n) is 12.4. The van der Waals surface area contributed by atoms with E-state index in [9.17, 15) is 14.4 Å². The van der Waals surface area contributed by atoms with Crippen LogP contribution in [0.4, 0.5) is 4.79 Å². The molecule has 122 valence electrons. The van der Waals surface area contributed by atoms with Crippen LogP contribution >= 0.6 is 0 Å². The van der Waals surface area contributed by atoms with Gasteiger partial charge in [0.1, 0.15) is 6.54 Å². The standard InChI is InChI=1S/C13H17NO8/c1-4-19-11(16)7-14(3)13(18)21-8(2)20-12(17)9-5-6-10(15)22-9/h5-6,8,15H,4,7H2,1-3H3. The molecule has 0 aromatic carbocycles. The van der Waals surface area contributed by atoms with Crippen molar-refractivity contribution in [3.8, 4) is 5.95 Å². The second kappa shape index (κ2) is 7.91. The van der Waals surface area contributed by atoms with Gasteiger partial charge < -0.3 is 28.6 Å². The predicted molar refractivity (Wildman–Crippen MR) is 71.0 cm³/mol. The molecule has 1 atom stereocenters. The molecule has 0 saturated heterocycles. The highest BCUT2D eigenvalue weighted by molar-refractivity contribution is 5.86. The number of hydrogen-bond acceptors (Lipinski definition) is 8. The minimum Gasteiger partial charge on any atom is -0.481 e. The Morgan fingerprint density at radius 1 is 1.32 bits per heavy atom. The monoisotopic (exact) mass is 315 g/mol. The van der Waals surface area contributed by atoms with E-state index in [1.807, 2.05) is 0 Å². The van der Waals surface area contributed by atoms with E-state index in [2.05, 4.69) is 9.15 Å². The van der Waals surface area contributed by atoms with E-state index in [1.54, 1.807) is 6.92 Å². The summed E-state index contributed by atoms with van der Waals surface area (Å²) in [5.74, 6) is -2.17. The quantitative estimate of drug-likeness (QED) is 0.613. The lowest BCUT2D eigenvalue weighted by molar-refractivity contribution is -0.144. The molecule has 1 aromatic heterocycles. The molecule has 0 spiro atoms. The molecule has 0 aliphatic heterocycles. The van der Waals surface area contributed by atoms with Gasteiger partial charge in [-0.3, -0.25) is 4.79 Å². The number of furan rings is 1. The van der Waals surface area contributed by atoms with Gasteiger partial charge in [-0.05, 0) is 13.0 Å². The van der Waals surface area contributed by atoms with Gasteiger partial charge in [0.25, 0.3) is 5.95 Å². The van der Waals surface area contributed by atoms with Crippen molar-refractivity contribution < 1.29 is 38.1 Å². The third kappa shape index (κ3) is 5.35. The van der Waals surface area contributed by atoms with Crippen molar-refractivity contribution >= 4 is 18.0 Å². The molecule has 0 radical (unpaired) electrons. The Morgan fingerprint density at radius 2 is 2.00 bits per heavy atom. The van der Waals surface area contributed by atoms with Crippen LogP contribution in [-0.2, 0) is 19.0 Å². The minimum atomic E-state index is -1.21. The molecule has 1 amide bonds. The first-order chi connectivity index (χ1) is 10.3. The summed E-state index contributed by atoms with van der Waals surface area (Å²) in [4.78, 5) is 35.4. The lowest BCUT2D eigenvalue weighted by Crippen LogP contribution is -2.36. The minimum absolute atomic E-state index is 0.200. The number of nitrogens with zero attached hydrogens (tertiary/aromatic N) is 1. The maximum Gasteiger partial charge on any atom is 0.413 e. The zero-order valence-corrected chi connectivity index (χ0v) is 12.4. The van der Waals surface area contributed by atoms with E-state index >= 15 is 0 Å². The molecule has 1 N–H and O–H groups in total. The molecule has 9 heteroatoms. The van der Waals surface area contributed by atoms with E-state index in [4.69, 9.17) is 14.6 Å². The van der Waals surface area contributed by atoms with Crippen molar-refractivity contribution in [1.82, 2.24) is 4.90 Å². The average molecular weight is 315 g/mol. The number of amides is 1. The van der Waals surface area contributed by atoms with Crippen LogP contribution in [0.1, 0.15) is 24.4 Å².